The molecule has 0 aromatic carbocycles. The van der Waals surface area contributed by atoms with E-state index in [-0.39, 0.29) is 0 Å². The van der Waals surface area contributed by atoms with E-state index in [0.717, 1.165) is 12.8 Å². The predicted octanol–water partition coefficient (Wildman–Crippen LogP) is 0.845. The van der Waals surface area contributed by atoms with Gasteiger partial charge in [0.05, 0.1) is 6.26 Å². The van der Waals surface area contributed by atoms with Crippen LogP contribution in [0.4, 0.5) is 0 Å². The first-order valence-electron chi connectivity index (χ1n) is 3.59. The van der Waals surface area contributed by atoms with Crippen molar-refractivity contribution in [2.75, 3.05) is 19.3 Å². The Hall–Kier alpha value is 0.640. The first-order chi connectivity index (χ1) is 5.00. The Morgan fingerprint density at radius 1 is 1.36 bits per heavy atom. The fourth-order valence-electron chi connectivity index (χ4n) is 1.16. The minimum Gasteiger partial charge on any atom is -0.213 e. The van der Waals surface area contributed by atoms with Crippen LogP contribution in [0.5, 0.6) is 0 Å². The van der Waals surface area contributed by atoms with Gasteiger partial charge in [-0.25, -0.2) is 12.7 Å². The Morgan fingerprint density at radius 3 is 2.18 bits per heavy atom. The maximum Gasteiger partial charge on any atom is 0.211 e. The highest BCUT2D eigenvalue weighted by molar-refractivity contribution is 14.1. The summed E-state index contributed by atoms with van der Waals surface area (Å²) in [5.41, 5.74) is 0. The number of rotatable bonds is 1. The van der Waals surface area contributed by atoms with Crippen LogP contribution in [-0.4, -0.2) is 36.0 Å². The molecule has 0 bridgehead atoms. The van der Waals surface area contributed by atoms with Crippen LogP contribution in [0.3, 0.4) is 0 Å². The van der Waals surface area contributed by atoms with Gasteiger partial charge in [0.1, 0.15) is 0 Å². The molecule has 0 spiro atoms. The molecule has 3 nitrogen and oxygen atoms in total. The SMILES string of the molecule is CS(=O)(=O)N1CCC(I)CC1. The van der Waals surface area contributed by atoms with Gasteiger partial charge in [-0.05, 0) is 12.8 Å². The topological polar surface area (TPSA) is 37.4 Å². The molecule has 0 saturated carbocycles. The highest BCUT2D eigenvalue weighted by Crippen LogP contribution is 2.19. The number of hydrogen-bond acceptors (Lipinski definition) is 2. The molecule has 1 aliphatic rings. The van der Waals surface area contributed by atoms with Crippen molar-refractivity contribution in [2.24, 2.45) is 0 Å². The normalized spacial score (nSPS) is 23.8. The number of halogens is 1. The third-order valence-corrected chi connectivity index (χ3v) is 4.40. The van der Waals surface area contributed by atoms with Crippen molar-refractivity contribution in [3.8, 4) is 0 Å². The van der Waals surface area contributed by atoms with Crippen LogP contribution in [0.15, 0.2) is 0 Å². The van der Waals surface area contributed by atoms with Crippen LogP contribution in [0, 0.1) is 0 Å². The fourth-order valence-corrected chi connectivity index (χ4v) is 2.59. The third kappa shape index (κ3) is 2.87. The molecule has 0 radical (unpaired) electrons. The van der Waals surface area contributed by atoms with Crippen LogP contribution in [0.2, 0.25) is 0 Å². The Bertz CT molecular complexity index is 219. The lowest BCUT2D eigenvalue weighted by Gasteiger charge is -2.27. The molecule has 0 aliphatic carbocycles. The number of alkyl halides is 1. The Kier molecular flexibility index (Phi) is 3.16. The average molecular weight is 289 g/mol. The highest BCUT2D eigenvalue weighted by Gasteiger charge is 2.22. The van der Waals surface area contributed by atoms with E-state index in [4.69, 9.17) is 0 Å². The number of sulfonamides is 1. The summed E-state index contributed by atoms with van der Waals surface area (Å²) < 4.78 is 24.2. The molecule has 0 atom stereocenters. The molecule has 11 heavy (non-hydrogen) atoms. The van der Waals surface area contributed by atoms with Gasteiger partial charge >= 0.3 is 0 Å². The fraction of sp³-hybridized carbons (Fsp3) is 1.00. The van der Waals surface area contributed by atoms with Gasteiger partial charge in [0.15, 0.2) is 0 Å². The van der Waals surface area contributed by atoms with Crippen molar-refractivity contribution < 1.29 is 8.42 Å². The summed E-state index contributed by atoms with van der Waals surface area (Å²) in [6, 6.07) is 0. The van der Waals surface area contributed by atoms with E-state index < -0.39 is 10.0 Å². The molecule has 1 fully saturated rings. The molecule has 1 rings (SSSR count). The Labute approximate surface area is 81.3 Å². The zero-order valence-corrected chi connectivity index (χ0v) is 9.43. The van der Waals surface area contributed by atoms with E-state index in [1.165, 1.54) is 6.26 Å². The summed E-state index contributed by atoms with van der Waals surface area (Å²) >= 11 is 2.37. The van der Waals surface area contributed by atoms with Crippen LogP contribution in [-0.2, 0) is 10.0 Å². The second-order valence-corrected chi connectivity index (χ2v) is 6.58. The summed E-state index contributed by atoms with van der Waals surface area (Å²) in [5.74, 6) is 0. The summed E-state index contributed by atoms with van der Waals surface area (Å²) in [6.07, 6.45) is 3.27. The minimum atomic E-state index is -2.92. The summed E-state index contributed by atoms with van der Waals surface area (Å²) in [4.78, 5) is 0. The first-order valence-corrected chi connectivity index (χ1v) is 6.69. The molecule has 66 valence electrons. The standard InChI is InChI=1S/C6H12INO2S/c1-11(9,10)8-4-2-6(7)3-5-8/h6H,2-5H2,1H3. The van der Waals surface area contributed by atoms with Crippen molar-refractivity contribution in [3.63, 3.8) is 0 Å². The molecular formula is C6H12INO2S. The van der Waals surface area contributed by atoms with Gasteiger partial charge in [-0.15, -0.1) is 0 Å². The van der Waals surface area contributed by atoms with Crippen LogP contribution in [0.25, 0.3) is 0 Å². The molecule has 0 amide bonds. The quantitative estimate of drug-likeness (QED) is 0.530. The van der Waals surface area contributed by atoms with E-state index in [1.807, 2.05) is 0 Å². The predicted molar refractivity (Wildman–Crippen MR) is 53.5 cm³/mol. The molecule has 0 aromatic heterocycles. The van der Waals surface area contributed by atoms with Crippen molar-refractivity contribution in [1.82, 2.24) is 4.31 Å². The van der Waals surface area contributed by atoms with E-state index in [2.05, 4.69) is 22.6 Å². The van der Waals surface area contributed by atoms with Crippen molar-refractivity contribution in [1.29, 1.82) is 0 Å². The molecular weight excluding hydrogens is 277 g/mol. The molecule has 0 unspecified atom stereocenters. The second-order valence-electron chi connectivity index (χ2n) is 2.84. The van der Waals surface area contributed by atoms with E-state index in [0.29, 0.717) is 17.0 Å². The monoisotopic (exact) mass is 289 g/mol. The summed E-state index contributed by atoms with van der Waals surface area (Å²) in [6.45, 7) is 1.40. The van der Waals surface area contributed by atoms with Crippen molar-refractivity contribution in [3.05, 3.63) is 0 Å². The van der Waals surface area contributed by atoms with Gasteiger partial charge in [0.2, 0.25) is 10.0 Å². The summed E-state index contributed by atoms with van der Waals surface area (Å²) in [7, 11) is -2.92. The second kappa shape index (κ2) is 3.57. The minimum absolute atomic E-state index is 0.658. The zero-order valence-electron chi connectivity index (χ0n) is 6.46. The van der Waals surface area contributed by atoms with Crippen LogP contribution in [0.1, 0.15) is 12.8 Å². The summed E-state index contributed by atoms with van der Waals surface area (Å²) in [5, 5.41) is 0. The molecule has 1 aliphatic heterocycles. The van der Waals surface area contributed by atoms with E-state index in [9.17, 15) is 8.42 Å². The van der Waals surface area contributed by atoms with Crippen molar-refractivity contribution in [2.45, 2.75) is 16.8 Å². The van der Waals surface area contributed by atoms with Crippen LogP contribution < -0.4 is 0 Å². The lowest BCUT2D eigenvalue weighted by molar-refractivity contribution is 0.360. The van der Waals surface area contributed by atoms with Gasteiger partial charge in [-0.1, -0.05) is 22.6 Å². The number of hydrogen-bond donors (Lipinski definition) is 0. The smallest absolute Gasteiger partial charge is 0.211 e. The van der Waals surface area contributed by atoms with Crippen LogP contribution >= 0.6 is 22.6 Å². The van der Waals surface area contributed by atoms with Gasteiger partial charge in [-0.3, -0.25) is 0 Å². The molecule has 1 saturated heterocycles. The van der Waals surface area contributed by atoms with Gasteiger partial charge < -0.3 is 0 Å². The lowest BCUT2D eigenvalue weighted by Crippen LogP contribution is -2.37. The molecule has 1 heterocycles. The Morgan fingerprint density at radius 2 is 1.82 bits per heavy atom. The largest absolute Gasteiger partial charge is 0.213 e. The maximum atomic E-state index is 11.0. The number of nitrogens with zero attached hydrogens (tertiary/aromatic N) is 1. The van der Waals surface area contributed by atoms with Crippen molar-refractivity contribution >= 4 is 32.6 Å². The Balaban J connectivity index is 2.53. The molecule has 0 aromatic rings. The maximum absolute atomic E-state index is 11.0. The number of piperidine rings is 1. The van der Waals surface area contributed by atoms with Gasteiger partial charge in [0.25, 0.3) is 0 Å². The van der Waals surface area contributed by atoms with E-state index in [1.54, 1.807) is 4.31 Å². The first kappa shape index (κ1) is 9.73. The third-order valence-electron chi connectivity index (χ3n) is 1.85. The zero-order chi connectivity index (χ0) is 8.48. The highest BCUT2D eigenvalue weighted by atomic mass is 127. The average Bonchev–Trinajstić information content (AvgIpc) is 1.86. The lowest BCUT2D eigenvalue weighted by atomic mass is 10.2. The van der Waals surface area contributed by atoms with Gasteiger partial charge in [0, 0.05) is 17.0 Å². The van der Waals surface area contributed by atoms with E-state index >= 15 is 0 Å². The molecule has 5 heteroatoms. The van der Waals surface area contributed by atoms with Gasteiger partial charge in [-0.2, -0.15) is 0 Å². The molecule has 0 N–H and O–H groups in total.